The molecule has 1 atom stereocenters. The minimum atomic E-state index is -0.895. The van der Waals surface area contributed by atoms with Crippen LogP contribution in [0.3, 0.4) is 0 Å². The fourth-order valence-corrected chi connectivity index (χ4v) is 8.83. The van der Waals surface area contributed by atoms with Gasteiger partial charge in [-0.3, -0.25) is 9.59 Å². The van der Waals surface area contributed by atoms with Crippen molar-refractivity contribution in [2.75, 3.05) is 13.2 Å². The van der Waals surface area contributed by atoms with Gasteiger partial charge in [0.15, 0.2) is 0 Å². The van der Waals surface area contributed by atoms with E-state index in [1.807, 2.05) is 18.2 Å². The Morgan fingerprint density at radius 2 is 1.40 bits per heavy atom. The Bertz CT molecular complexity index is 1420. The van der Waals surface area contributed by atoms with Crippen LogP contribution in [0.25, 0.3) is 21.9 Å². The number of fused-ring (bicyclic) bond motifs is 1. The van der Waals surface area contributed by atoms with E-state index in [4.69, 9.17) is 4.74 Å². The summed E-state index contributed by atoms with van der Waals surface area (Å²) < 4.78 is 6.16. The molecule has 4 bridgehead atoms. The molecule has 0 radical (unpaired) electrons. The predicted molar refractivity (Wildman–Crippen MR) is 154 cm³/mol. The lowest BCUT2D eigenvalue weighted by Gasteiger charge is -2.57. The van der Waals surface area contributed by atoms with E-state index >= 15 is 0 Å². The number of carbonyl (C=O) groups excluding carboxylic acids is 2. The standard InChI is InChI=1S/C35H38O5/c36-19-29(37)20-40-33-9-8-27(15-30(33)35-16-21-10-22(17-35)12-23(11-21)18-35)25-4-5-26-14-28(7-6-24(26)13-25)34-31(38)2-1-3-32(34)39/h4-9,13-15,21-23,29,34,36-37H,1-3,10-12,16-20H2. The smallest absolute Gasteiger partial charge is 0.147 e. The quantitative estimate of drug-likeness (QED) is 0.355. The molecule has 5 aliphatic carbocycles. The number of aliphatic hydroxyl groups excluding tert-OH is 2. The summed E-state index contributed by atoms with van der Waals surface area (Å²) in [5.41, 5.74) is 4.46. The summed E-state index contributed by atoms with van der Waals surface area (Å²) >= 11 is 0. The summed E-state index contributed by atoms with van der Waals surface area (Å²) in [6, 6.07) is 18.9. The van der Waals surface area contributed by atoms with Crippen molar-refractivity contribution >= 4 is 22.3 Å². The van der Waals surface area contributed by atoms with Crippen molar-refractivity contribution in [2.45, 2.75) is 75.2 Å². The Labute approximate surface area is 235 Å². The zero-order valence-corrected chi connectivity index (χ0v) is 23.0. The van der Waals surface area contributed by atoms with Crippen LogP contribution >= 0.6 is 0 Å². The Morgan fingerprint density at radius 1 is 0.800 bits per heavy atom. The van der Waals surface area contributed by atoms with Crippen LogP contribution in [0.5, 0.6) is 5.75 Å². The zero-order valence-electron chi connectivity index (χ0n) is 23.0. The Morgan fingerprint density at radius 3 is 2.08 bits per heavy atom. The molecule has 5 aliphatic rings. The van der Waals surface area contributed by atoms with E-state index in [0.29, 0.717) is 19.3 Å². The molecular formula is C35H38O5. The lowest BCUT2D eigenvalue weighted by molar-refractivity contribution is -0.131. The molecule has 0 saturated heterocycles. The second-order valence-electron chi connectivity index (χ2n) is 13.1. The van der Waals surface area contributed by atoms with Crippen LogP contribution in [-0.2, 0) is 15.0 Å². The van der Waals surface area contributed by atoms with Crippen molar-refractivity contribution in [2.24, 2.45) is 17.8 Å². The number of aliphatic hydroxyl groups is 2. The van der Waals surface area contributed by atoms with Gasteiger partial charge in [-0.1, -0.05) is 30.3 Å². The summed E-state index contributed by atoms with van der Waals surface area (Å²) in [4.78, 5) is 25.0. The van der Waals surface area contributed by atoms with Gasteiger partial charge in [-0.15, -0.1) is 0 Å². The van der Waals surface area contributed by atoms with Gasteiger partial charge in [-0.05, 0) is 120 Å². The normalized spacial score (nSPS) is 28.8. The summed E-state index contributed by atoms with van der Waals surface area (Å²) in [7, 11) is 0. The molecule has 0 heterocycles. The van der Waals surface area contributed by atoms with Crippen molar-refractivity contribution in [3.8, 4) is 16.9 Å². The van der Waals surface area contributed by atoms with Crippen molar-refractivity contribution in [1.82, 2.24) is 0 Å². The highest BCUT2D eigenvalue weighted by Gasteiger charge is 2.52. The van der Waals surface area contributed by atoms with E-state index in [9.17, 15) is 19.8 Å². The number of hydrogen-bond acceptors (Lipinski definition) is 5. The van der Waals surface area contributed by atoms with Gasteiger partial charge < -0.3 is 14.9 Å². The molecule has 3 aromatic rings. The molecule has 0 aliphatic heterocycles. The van der Waals surface area contributed by atoms with Gasteiger partial charge in [0.05, 0.1) is 6.61 Å². The summed E-state index contributed by atoms with van der Waals surface area (Å²) in [5, 5.41) is 21.5. The Kier molecular flexibility index (Phi) is 6.55. The summed E-state index contributed by atoms with van der Waals surface area (Å²) in [5.74, 6) is 2.69. The molecule has 5 saturated carbocycles. The first kappa shape index (κ1) is 25.9. The second kappa shape index (κ2) is 10.1. The first-order valence-corrected chi connectivity index (χ1v) is 15.1. The molecule has 3 aromatic carbocycles. The SMILES string of the molecule is O=C1CCCC(=O)C1c1ccc2cc(-c3ccc(OCC(O)CO)c(C45CC6CC(CC(C6)C4)C5)c3)ccc2c1. The van der Waals surface area contributed by atoms with Gasteiger partial charge in [0.1, 0.15) is 35.9 Å². The van der Waals surface area contributed by atoms with Crippen LogP contribution in [-0.4, -0.2) is 41.1 Å². The number of hydrogen-bond donors (Lipinski definition) is 2. The van der Waals surface area contributed by atoms with Crippen LogP contribution in [0.15, 0.2) is 54.6 Å². The van der Waals surface area contributed by atoms with Crippen molar-refractivity contribution in [3.63, 3.8) is 0 Å². The van der Waals surface area contributed by atoms with Crippen LogP contribution in [0.2, 0.25) is 0 Å². The molecular weight excluding hydrogens is 500 g/mol. The topological polar surface area (TPSA) is 83.8 Å². The van der Waals surface area contributed by atoms with Gasteiger partial charge in [-0.25, -0.2) is 0 Å². The zero-order chi connectivity index (χ0) is 27.4. The number of benzene rings is 3. The Hall–Kier alpha value is -3.02. The van der Waals surface area contributed by atoms with E-state index in [1.165, 1.54) is 44.1 Å². The van der Waals surface area contributed by atoms with Crippen molar-refractivity contribution in [3.05, 3.63) is 65.7 Å². The molecule has 8 rings (SSSR count). The molecule has 0 amide bonds. The monoisotopic (exact) mass is 538 g/mol. The van der Waals surface area contributed by atoms with Crippen molar-refractivity contribution in [1.29, 1.82) is 0 Å². The summed E-state index contributed by atoms with van der Waals surface area (Å²) in [6.07, 6.45) is 8.46. The van der Waals surface area contributed by atoms with Crippen LogP contribution < -0.4 is 4.74 Å². The number of Topliss-reactive ketones (excluding diaryl/α,β-unsaturated/α-hetero) is 2. The Balaban J connectivity index is 1.24. The number of carbonyl (C=O) groups is 2. The average Bonchev–Trinajstić information content (AvgIpc) is 2.94. The maximum absolute atomic E-state index is 12.5. The van der Waals surface area contributed by atoms with E-state index in [2.05, 4.69) is 36.4 Å². The maximum atomic E-state index is 12.5. The average molecular weight is 539 g/mol. The lowest BCUT2D eigenvalue weighted by atomic mass is 9.48. The molecule has 0 spiro atoms. The highest BCUT2D eigenvalue weighted by molar-refractivity contribution is 6.10. The highest BCUT2D eigenvalue weighted by Crippen LogP contribution is 2.62. The molecule has 5 fully saturated rings. The molecule has 5 heteroatoms. The first-order valence-electron chi connectivity index (χ1n) is 15.1. The highest BCUT2D eigenvalue weighted by atomic mass is 16.5. The molecule has 5 nitrogen and oxygen atoms in total. The third kappa shape index (κ3) is 4.57. The van der Waals surface area contributed by atoms with Gasteiger partial charge in [0.25, 0.3) is 0 Å². The number of ketones is 2. The maximum Gasteiger partial charge on any atom is 0.147 e. The molecule has 40 heavy (non-hydrogen) atoms. The largest absolute Gasteiger partial charge is 0.490 e. The van der Waals surface area contributed by atoms with E-state index < -0.39 is 12.0 Å². The number of ether oxygens (including phenoxy) is 1. The summed E-state index contributed by atoms with van der Waals surface area (Å²) in [6.45, 7) is -0.230. The van der Waals surface area contributed by atoms with Crippen LogP contribution in [0.1, 0.15) is 74.8 Å². The molecule has 2 N–H and O–H groups in total. The third-order valence-corrected chi connectivity index (χ3v) is 10.3. The van der Waals surface area contributed by atoms with Gasteiger partial charge >= 0.3 is 0 Å². The van der Waals surface area contributed by atoms with Gasteiger partial charge in [0, 0.05) is 18.4 Å². The fraction of sp³-hybridized carbons (Fsp3) is 0.486. The van der Waals surface area contributed by atoms with Gasteiger partial charge in [-0.2, -0.15) is 0 Å². The molecule has 1 unspecified atom stereocenters. The minimum Gasteiger partial charge on any atom is -0.490 e. The first-order chi connectivity index (χ1) is 19.4. The van der Waals surface area contributed by atoms with Crippen LogP contribution in [0, 0.1) is 17.8 Å². The van der Waals surface area contributed by atoms with E-state index in [0.717, 1.165) is 51.0 Å². The third-order valence-electron chi connectivity index (χ3n) is 10.3. The van der Waals surface area contributed by atoms with E-state index in [-0.39, 0.29) is 30.2 Å². The number of rotatable bonds is 7. The molecule has 0 aromatic heterocycles. The van der Waals surface area contributed by atoms with Crippen LogP contribution in [0.4, 0.5) is 0 Å². The van der Waals surface area contributed by atoms with Crippen molar-refractivity contribution < 1.29 is 24.5 Å². The lowest BCUT2D eigenvalue weighted by Crippen LogP contribution is -2.48. The predicted octanol–water partition coefficient (Wildman–Crippen LogP) is 6.11. The van der Waals surface area contributed by atoms with E-state index in [1.54, 1.807) is 0 Å². The van der Waals surface area contributed by atoms with Gasteiger partial charge in [0.2, 0.25) is 0 Å². The fourth-order valence-electron chi connectivity index (χ4n) is 8.83. The second-order valence-corrected chi connectivity index (χ2v) is 13.1. The molecule has 208 valence electrons. The minimum absolute atomic E-state index is 0.0400.